The van der Waals surface area contributed by atoms with Crippen LogP contribution < -0.4 is 0 Å². The summed E-state index contributed by atoms with van der Waals surface area (Å²) >= 11 is 0. The second-order valence-corrected chi connectivity index (χ2v) is 6.13. The molecule has 0 spiro atoms. The first kappa shape index (κ1) is 16.0. The zero-order chi connectivity index (χ0) is 16.6. The smallest absolute Gasteiger partial charge is 0.331 e. The second kappa shape index (κ2) is 5.94. The van der Waals surface area contributed by atoms with Crippen molar-refractivity contribution in [2.24, 2.45) is 0 Å². The fourth-order valence-corrected chi connectivity index (χ4v) is 2.99. The maximum Gasteiger partial charge on any atom is 0.331 e. The van der Waals surface area contributed by atoms with Crippen LogP contribution in [0.3, 0.4) is 0 Å². The molecule has 0 bridgehead atoms. The molecule has 0 unspecified atom stereocenters. The molecule has 3 rings (SSSR count). The molecule has 6 heteroatoms. The van der Waals surface area contributed by atoms with Gasteiger partial charge in [-0.3, -0.25) is 4.79 Å². The van der Waals surface area contributed by atoms with E-state index in [2.05, 4.69) is 0 Å². The highest BCUT2D eigenvalue weighted by molar-refractivity contribution is 6.01. The first-order valence-electron chi connectivity index (χ1n) is 7.81. The molecule has 6 nitrogen and oxygen atoms in total. The monoisotopic (exact) mass is 319 g/mol. The van der Waals surface area contributed by atoms with Gasteiger partial charge in [0.05, 0.1) is 19.3 Å². The zero-order valence-corrected chi connectivity index (χ0v) is 13.5. The standard InChI is InChI=1S/C17H21NO5/c1-4-21-16(20)14-13(12-10-22-17(2,3)23-12)18(14)15(19)11-8-6-5-7-9-11/h5-9,12-14H,4,10H2,1-3H3/t12-,13+,14-,18?/m1/s1. The fraction of sp³-hybridized carbons (Fsp3) is 0.529. The van der Waals surface area contributed by atoms with Crippen LogP contribution in [-0.4, -0.2) is 54.0 Å². The molecule has 0 aromatic heterocycles. The summed E-state index contributed by atoms with van der Waals surface area (Å²) in [5.41, 5.74) is 0.544. The van der Waals surface area contributed by atoms with E-state index in [4.69, 9.17) is 14.2 Å². The van der Waals surface area contributed by atoms with E-state index in [0.29, 0.717) is 12.2 Å². The highest BCUT2D eigenvalue weighted by atomic mass is 16.7. The van der Waals surface area contributed by atoms with Gasteiger partial charge < -0.3 is 19.1 Å². The Morgan fingerprint density at radius 1 is 1.30 bits per heavy atom. The quantitative estimate of drug-likeness (QED) is 0.623. The number of rotatable bonds is 4. The van der Waals surface area contributed by atoms with Crippen molar-refractivity contribution in [1.82, 2.24) is 4.90 Å². The number of carbonyl (C=O) groups is 2. The number of hydrogen-bond acceptors (Lipinski definition) is 5. The molecule has 2 aliphatic heterocycles. The van der Waals surface area contributed by atoms with Gasteiger partial charge >= 0.3 is 5.97 Å². The van der Waals surface area contributed by atoms with Crippen LogP contribution in [0.25, 0.3) is 0 Å². The predicted molar refractivity (Wildman–Crippen MR) is 81.7 cm³/mol. The number of carbonyl (C=O) groups excluding carboxylic acids is 2. The Balaban J connectivity index is 1.79. The molecule has 2 aliphatic rings. The van der Waals surface area contributed by atoms with Crippen LogP contribution in [0.2, 0.25) is 0 Å². The molecule has 0 radical (unpaired) electrons. The molecule has 1 aromatic rings. The van der Waals surface area contributed by atoms with Crippen molar-refractivity contribution in [2.45, 2.75) is 44.7 Å². The predicted octanol–water partition coefficient (Wildman–Crippen LogP) is 1.59. The Hall–Kier alpha value is -1.92. The summed E-state index contributed by atoms with van der Waals surface area (Å²) in [4.78, 5) is 26.4. The summed E-state index contributed by atoms with van der Waals surface area (Å²) in [6, 6.07) is 7.95. The SMILES string of the molecule is CCOC(=O)[C@H]1[C@H]([C@H]2COC(C)(C)O2)N1C(=O)c1ccccc1. The highest BCUT2D eigenvalue weighted by Crippen LogP contribution is 2.39. The van der Waals surface area contributed by atoms with E-state index < -0.39 is 17.8 Å². The van der Waals surface area contributed by atoms with E-state index in [1.807, 2.05) is 19.9 Å². The third kappa shape index (κ3) is 3.09. The van der Waals surface area contributed by atoms with Crippen molar-refractivity contribution in [3.63, 3.8) is 0 Å². The van der Waals surface area contributed by atoms with E-state index >= 15 is 0 Å². The maximum absolute atomic E-state index is 12.7. The Labute approximate surface area is 135 Å². The van der Waals surface area contributed by atoms with Crippen molar-refractivity contribution in [2.75, 3.05) is 13.2 Å². The minimum absolute atomic E-state index is 0.193. The van der Waals surface area contributed by atoms with E-state index in [1.165, 1.54) is 4.90 Å². The third-order valence-corrected chi connectivity index (χ3v) is 4.05. The number of nitrogens with zero attached hydrogens (tertiary/aromatic N) is 1. The molecule has 0 aliphatic carbocycles. The van der Waals surface area contributed by atoms with Crippen LogP contribution in [0, 0.1) is 0 Å². The Morgan fingerprint density at radius 2 is 2.00 bits per heavy atom. The summed E-state index contributed by atoms with van der Waals surface area (Å²) in [5, 5.41) is 0. The van der Waals surface area contributed by atoms with Crippen molar-refractivity contribution >= 4 is 11.9 Å². The van der Waals surface area contributed by atoms with Gasteiger partial charge in [-0.2, -0.15) is 0 Å². The normalized spacial score (nSPS) is 28.5. The Morgan fingerprint density at radius 3 is 2.57 bits per heavy atom. The summed E-state index contributed by atoms with van der Waals surface area (Å²) in [6.45, 7) is 6.02. The van der Waals surface area contributed by atoms with Crippen LogP contribution in [0.15, 0.2) is 30.3 Å². The summed E-state index contributed by atoms with van der Waals surface area (Å²) in [5.74, 6) is -1.29. The van der Waals surface area contributed by atoms with Crippen molar-refractivity contribution in [3.8, 4) is 0 Å². The van der Waals surface area contributed by atoms with E-state index in [9.17, 15) is 9.59 Å². The number of benzene rings is 1. The average Bonchev–Trinajstić information content (AvgIpc) is 3.17. The van der Waals surface area contributed by atoms with Gasteiger partial charge in [-0.05, 0) is 32.9 Å². The Kier molecular flexibility index (Phi) is 4.12. The van der Waals surface area contributed by atoms with Gasteiger partial charge in [0, 0.05) is 5.56 Å². The van der Waals surface area contributed by atoms with Gasteiger partial charge in [-0.1, -0.05) is 18.2 Å². The molecular formula is C17H21NO5. The molecule has 2 fully saturated rings. The Bertz CT molecular complexity index is 600. The van der Waals surface area contributed by atoms with Gasteiger partial charge in [0.1, 0.15) is 6.10 Å². The van der Waals surface area contributed by atoms with Gasteiger partial charge in [-0.25, -0.2) is 4.79 Å². The minimum Gasteiger partial charge on any atom is -0.464 e. The fourth-order valence-electron chi connectivity index (χ4n) is 2.99. The largest absolute Gasteiger partial charge is 0.464 e. The van der Waals surface area contributed by atoms with Crippen molar-refractivity contribution in [3.05, 3.63) is 35.9 Å². The molecule has 124 valence electrons. The van der Waals surface area contributed by atoms with Gasteiger partial charge in [0.25, 0.3) is 5.91 Å². The van der Waals surface area contributed by atoms with Crippen LogP contribution in [0.5, 0.6) is 0 Å². The van der Waals surface area contributed by atoms with Gasteiger partial charge in [-0.15, -0.1) is 0 Å². The molecule has 2 heterocycles. The summed E-state index contributed by atoms with van der Waals surface area (Å²) in [6.07, 6.45) is -0.327. The van der Waals surface area contributed by atoms with Crippen LogP contribution in [-0.2, 0) is 19.0 Å². The highest BCUT2D eigenvalue weighted by Gasteiger charge is 2.62. The second-order valence-electron chi connectivity index (χ2n) is 6.13. The molecular weight excluding hydrogens is 298 g/mol. The van der Waals surface area contributed by atoms with Crippen LogP contribution in [0.4, 0.5) is 0 Å². The molecule has 1 aromatic carbocycles. The lowest BCUT2D eigenvalue weighted by Crippen LogP contribution is -2.28. The number of esters is 1. The number of hydrogen-bond donors (Lipinski definition) is 0. The molecule has 0 N–H and O–H groups in total. The van der Waals surface area contributed by atoms with Crippen LogP contribution >= 0.6 is 0 Å². The lowest BCUT2D eigenvalue weighted by molar-refractivity contribution is -0.145. The van der Waals surface area contributed by atoms with Crippen LogP contribution in [0.1, 0.15) is 31.1 Å². The lowest BCUT2D eigenvalue weighted by atomic mass is 10.2. The minimum atomic E-state index is -0.700. The lowest BCUT2D eigenvalue weighted by Gasteiger charge is -2.16. The summed E-state index contributed by atoms with van der Waals surface area (Å²) < 4.78 is 16.5. The van der Waals surface area contributed by atoms with Gasteiger partial charge in [0.15, 0.2) is 11.8 Å². The van der Waals surface area contributed by atoms with Crippen molar-refractivity contribution in [1.29, 1.82) is 0 Å². The van der Waals surface area contributed by atoms with Gasteiger partial charge in [0.2, 0.25) is 0 Å². The molecule has 3 atom stereocenters. The maximum atomic E-state index is 12.7. The molecule has 2 saturated heterocycles. The number of amides is 1. The van der Waals surface area contributed by atoms with Crippen molar-refractivity contribution < 1.29 is 23.8 Å². The first-order valence-corrected chi connectivity index (χ1v) is 7.81. The molecule has 23 heavy (non-hydrogen) atoms. The molecule has 1 amide bonds. The topological polar surface area (TPSA) is 64.8 Å². The van der Waals surface area contributed by atoms with E-state index in [1.54, 1.807) is 31.2 Å². The van der Waals surface area contributed by atoms with E-state index in [0.717, 1.165) is 0 Å². The third-order valence-electron chi connectivity index (χ3n) is 4.05. The summed E-state index contributed by atoms with van der Waals surface area (Å²) in [7, 11) is 0. The first-order chi connectivity index (χ1) is 10.9. The van der Waals surface area contributed by atoms with E-state index in [-0.39, 0.29) is 24.7 Å². The average molecular weight is 319 g/mol. The number of ether oxygens (including phenoxy) is 3. The molecule has 0 saturated carbocycles. The zero-order valence-electron chi connectivity index (χ0n) is 13.5.